The number of amides is 1. The molecule has 0 bridgehead atoms. The lowest BCUT2D eigenvalue weighted by Crippen LogP contribution is -2.15. The van der Waals surface area contributed by atoms with Crippen LogP contribution in [0.3, 0.4) is 0 Å². The summed E-state index contributed by atoms with van der Waals surface area (Å²) >= 11 is 0. The van der Waals surface area contributed by atoms with Crippen molar-refractivity contribution in [2.75, 3.05) is 11.1 Å². The molecule has 2 rings (SSSR count). The predicted molar refractivity (Wildman–Crippen MR) is 67.0 cm³/mol. The summed E-state index contributed by atoms with van der Waals surface area (Å²) in [5, 5.41) is 11.5. The molecular formula is C12H11N3O4. The van der Waals surface area contributed by atoms with Gasteiger partial charge in [-0.1, -0.05) is 0 Å². The van der Waals surface area contributed by atoms with Gasteiger partial charge in [0.1, 0.15) is 0 Å². The van der Waals surface area contributed by atoms with Crippen molar-refractivity contribution in [2.24, 2.45) is 0 Å². The van der Waals surface area contributed by atoms with Gasteiger partial charge in [0.25, 0.3) is 5.91 Å². The molecule has 0 radical (unpaired) electrons. The zero-order valence-corrected chi connectivity index (χ0v) is 10.0. The molecule has 1 amide bonds. The number of nitrogens with two attached hydrogens (primary N) is 1. The van der Waals surface area contributed by atoms with Crippen molar-refractivity contribution in [1.82, 2.24) is 4.98 Å². The molecule has 4 N–H and O–H groups in total. The van der Waals surface area contributed by atoms with Crippen LogP contribution in [-0.4, -0.2) is 22.0 Å². The van der Waals surface area contributed by atoms with Crippen LogP contribution in [0.2, 0.25) is 0 Å². The van der Waals surface area contributed by atoms with Crippen LogP contribution in [-0.2, 0) is 0 Å². The number of aryl methyl sites for hydroxylation is 1. The third-order valence-electron chi connectivity index (χ3n) is 2.47. The molecule has 0 spiro atoms. The minimum Gasteiger partial charge on any atom is -0.478 e. The molecule has 0 aliphatic rings. The minimum absolute atomic E-state index is 0.0266. The summed E-state index contributed by atoms with van der Waals surface area (Å²) in [4.78, 5) is 26.7. The van der Waals surface area contributed by atoms with Crippen molar-refractivity contribution in [1.29, 1.82) is 0 Å². The van der Waals surface area contributed by atoms with Crippen LogP contribution < -0.4 is 11.1 Å². The number of nitrogen functional groups attached to an aromatic ring is 1. The fraction of sp³-hybridized carbons (Fsp3) is 0.0833. The zero-order chi connectivity index (χ0) is 14.0. The van der Waals surface area contributed by atoms with Gasteiger partial charge in [-0.2, -0.15) is 0 Å². The molecule has 98 valence electrons. The van der Waals surface area contributed by atoms with Gasteiger partial charge in [-0.15, -0.1) is 0 Å². The highest BCUT2D eigenvalue weighted by Gasteiger charge is 2.17. The van der Waals surface area contributed by atoms with Crippen LogP contribution in [0.5, 0.6) is 0 Å². The molecule has 0 fully saturated rings. The lowest BCUT2D eigenvalue weighted by atomic mass is 10.1. The summed E-state index contributed by atoms with van der Waals surface area (Å²) in [5.41, 5.74) is 6.38. The van der Waals surface area contributed by atoms with E-state index in [9.17, 15) is 9.59 Å². The normalized spacial score (nSPS) is 10.2. The van der Waals surface area contributed by atoms with Crippen molar-refractivity contribution >= 4 is 23.3 Å². The first kappa shape index (κ1) is 12.6. The lowest BCUT2D eigenvalue weighted by molar-refractivity contribution is 0.0698. The largest absolute Gasteiger partial charge is 0.478 e. The predicted octanol–water partition coefficient (Wildman–Crippen LogP) is 1.52. The zero-order valence-electron chi connectivity index (χ0n) is 10.0. The van der Waals surface area contributed by atoms with E-state index in [4.69, 9.17) is 15.3 Å². The Morgan fingerprint density at radius 2 is 2.16 bits per heavy atom. The second-order valence-electron chi connectivity index (χ2n) is 3.83. The molecule has 0 saturated heterocycles. The van der Waals surface area contributed by atoms with E-state index in [2.05, 4.69) is 10.3 Å². The van der Waals surface area contributed by atoms with E-state index < -0.39 is 11.9 Å². The summed E-state index contributed by atoms with van der Waals surface area (Å²) in [7, 11) is 0. The summed E-state index contributed by atoms with van der Waals surface area (Å²) in [6, 6.07) is 4.13. The summed E-state index contributed by atoms with van der Waals surface area (Å²) in [6.45, 7) is 1.61. The summed E-state index contributed by atoms with van der Waals surface area (Å²) < 4.78 is 4.93. The Morgan fingerprint density at radius 3 is 2.74 bits per heavy atom. The fourth-order valence-electron chi connectivity index (χ4n) is 1.55. The van der Waals surface area contributed by atoms with Crippen LogP contribution in [0.25, 0.3) is 0 Å². The first-order valence-corrected chi connectivity index (χ1v) is 5.33. The Bertz CT molecular complexity index is 648. The number of hydrogen-bond acceptors (Lipinski definition) is 5. The first-order chi connectivity index (χ1) is 8.99. The molecular weight excluding hydrogens is 250 g/mol. The number of rotatable bonds is 3. The van der Waals surface area contributed by atoms with E-state index >= 15 is 0 Å². The van der Waals surface area contributed by atoms with Gasteiger partial charge in [0.05, 0.1) is 16.9 Å². The van der Waals surface area contributed by atoms with Crippen molar-refractivity contribution in [3.63, 3.8) is 0 Å². The third-order valence-corrected chi connectivity index (χ3v) is 2.47. The topological polar surface area (TPSA) is 118 Å². The number of hydrogen-bond donors (Lipinski definition) is 3. The number of aromatic nitrogens is 1. The maximum Gasteiger partial charge on any atom is 0.337 e. The van der Waals surface area contributed by atoms with Gasteiger partial charge >= 0.3 is 5.97 Å². The summed E-state index contributed by atoms with van der Waals surface area (Å²) in [5.74, 6) is -1.72. The molecule has 0 saturated carbocycles. The number of carboxylic acids is 1. The van der Waals surface area contributed by atoms with Crippen LogP contribution in [0, 0.1) is 6.92 Å². The number of carbonyl (C=O) groups excluding carboxylic acids is 1. The van der Waals surface area contributed by atoms with E-state index in [1.54, 1.807) is 6.92 Å². The molecule has 0 aliphatic heterocycles. The number of anilines is 2. The van der Waals surface area contributed by atoms with Gasteiger partial charge in [0.15, 0.2) is 6.39 Å². The number of carboxylic acid groups (broad SMARTS) is 1. The van der Waals surface area contributed by atoms with Gasteiger partial charge < -0.3 is 20.6 Å². The second kappa shape index (κ2) is 4.81. The van der Waals surface area contributed by atoms with E-state index in [1.165, 1.54) is 18.2 Å². The van der Waals surface area contributed by atoms with Gasteiger partial charge in [0.2, 0.25) is 5.76 Å². The van der Waals surface area contributed by atoms with Gasteiger partial charge in [-0.05, 0) is 25.1 Å². The Balaban J connectivity index is 2.33. The molecule has 1 aromatic heterocycles. The fourth-order valence-corrected chi connectivity index (χ4v) is 1.55. The van der Waals surface area contributed by atoms with Crippen LogP contribution in [0.4, 0.5) is 11.4 Å². The molecule has 7 heteroatoms. The maximum atomic E-state index is 11.9. The van der Waals surface area contributed by atoms with Crippen molar-refractivity contribution < 1.29 is 19.1 Å². The molecule has 2 aromatic rings. The third kappa shape index (κ3) is 2.54. The molecule has 0 unspecified atom stereocenters. The average Bonchev–Trinajstić information content (AvgIpc) is 2.75. The minimum atomic E-state index is -1.16. The second-order valence-corrected chi connectivity index (χ2v) is 3.83. The molecule has 1 aromatic carbocycles. The Kier molecular flexibility index (Phi) is 3.19. The smallest absolute Gasteiger partial charge is 0.337 e. The van der Waals surface area contributed by atoms with E-state index in [-0.39, 0.29) is 17.0 Å². The van der Waals surface area contributed by atoms with Crippen LogP contribution in [0.1, 0.15) is 26.6 Å². The molecule has 7 nitrogen and oxygen atoms in total. The number of nitrogens with one attached hydrogen (secondary N) is 1. The van der Waals surface area contributed by atoms with Crippen molar-refractivity contribution in [3.05, 3.63) is 41.6 Å². The lowest BCUT2D eigenvalue weighted by Gasteiger charge is -2.08. The first-order valence-electron chi connectivity index (χ1n) is 5.33. The van der Waals surface area contributed by atoms with E-state index in [0.717, 1.165) is 6.39 Å². The highest BCUT2D eigenvalue weighted by Crippen LogP contribution is 2.20. The van der Waals surface area contributed by atoms with Gasteiger partial charge in [-0.25, -0.2) is 9.78 Å². The molecule has 0 atom stereocenters. The maximum absolute atomic E-state index is 11.9. The van der Waals surface area contributed by atoms with Gasteiger partial charge in [0, 0.05) is 5.69 Å². The highest BCUT2D eigenvalue weighted by molar-refractivity contribution is 6.07. The number of oxazole rings is 1. The number of nitrogens with zero attached hydrogens (tertiary/aromatic N) is 1. The van der Waals surface area contributed by atoms with Crippen molar-refractivity contribution in [2.45, 2.75) is 6.92 Å². The number of benzene rings is 1. The number of carbonyl (C=O) groups is 2. The molecule has 1 heterocycles. The Morgan fingerprint density at radius 1 is 1.42 bits per heavy atom. The van der Waals surface area contributed by atoms with E-state index in [1.807, 2.05) is 0 Å². The quantitative estimate of drug-likeness (QED) is 0.721. The average molecular weight is 261 g/mol. The van der Waals surface area contributed by atoms with Crippen LogP contribution in [0.15, 0.2) is 29.0 Å². The monoisotopic (exact) mass is 261 g/mol. The molecule has 19 heavy (non-hydrogen) atoms. The van der Waals surface area contributed by atoms with Crippen LogP contribution >= 0.6 is 0 Å². The standard InChI is InChI=1S/C12H11N3O4/c1-6-10(19-5-14-6)11(16)15-9-4-7(13)2-3-8(9)12(17)18/h2-5H,13H2,1H3,(H,15,16)(H,17,18). The Hall–Kier alpha value is -2.83. The SMILES string of the molecule is Cc1ncoc1C(=O)Nc1cc(N)ccc1C(=O)O. The number of aromatic carboxylic acids is 1. The van der Waals surface area contributed by atoms with Gasteiger partial charge in [-0.3, -0.25) is 4.79 Å². The Labute approximate surface area is 108 Å². The summed E-state index contributed by atoms with van der Waals surface area (Å²) in [6.07, 6.45) is 1.14. The van der Waals surface area contributed by atoms with Crippen molar-refractivity contribution in [3.8, 4) is 0 Å². The highest BCUT2D eigenvalue weighted by atomic mass is 16.4. The van der Waals surface area contributed by atoms with E-state index in [0.29, 0.717) is 11.4 Å². The molecule has 0 aliphatic carbocycles.